The second-order valence-corrected chi connectivity index (χ2v) is 5.18. The van der Waals surface area contributed by atoms with Crippen LogP contribution in [0.15, 0.2) is 0 Å². The summed E-state index contributed by atoms with van der Waals surface area (Å²) in [6.07, 6.45) is 4.29. The van der Waals surface area contributed by atoms with Crippen molar-refractivity contribution in [1.29, 1.82) is 0 Å². The third kappa shape index (κ3) is 4.97. The lowest BCUT2D eigenvalue weighted by atomic mass is 9.85. The maximum Gasteiger partial charge on any atom is 0.0648 e. The van der Waals surface area contributed by atoms with E-state index in [1.54, 1.807) is 7.11 Å². The summed E-state index contributed by atoms with van der Waals surface area (Å²) >= 11 is 0. The van der Waals surface area contributed by atoms with E-state index in [4.69, 9.17) is 9.84 Å². The maximum absolute atomic E-state index is 9.11. The average Bonchev–Trinajstić information content (AvgIpc) is 2.17. The van der Waals surface area contributed by atoms with Crippen LogP contribution in [-0.2, 0) is 4.74 Å². The van der Waals surface area contributed by atoms with Crippen molar-refractivity contribution in [2.45, 2.75) is 59.0 Å². The molecule has 0 aromatic carbocycles. The molecule has 0 rings (SSSR count). The van der Waals surface area contributed by atoms with Gasteiger partial charge in [-0.15, -0.1) is 0 Å². The largest absolute Gasteiger partial charge is 0.396 e. The molecule has 0 aromatic rings. The first kappa shape index (κ1) is 13.9. The molecule has 2 nitrogen and oxygen atoms in total. The van der Waals surface area contributed by atoms with E-state index in [1.165, 1.54) is 0 Å². The summed E-state index contributed by atoms with van der Waals surface area (Å²) in [5, 5.41) is 9.11. The maximum atomic E-state index is 9.11. The molecule has 14 heavy (non-hydrogen) atoms. The highest BCUT2D eigenvalue weighted by molar-refractivity contribution is 4.75. The topological polar surface area (TPSA) is 29.5 Å². The summed E-state index contributed by atoms with van der Waals surface area (Å²) in [5.74, 6) is 0. The van der Waals surface area contributed by atoms with Crippen molar-refractivity contribution in [3.63, 3.8) is 0 Å². The number of hydrogen-bond donors (Lipinski definition) is 1. The van der Waals surface area contributed by atoms with Crippen LogP contribution in [0.25, 0.3) is 0 Å². The van der Waals surface area contributed by atoms with Gasteiger partial charge in [-0.05, 0) is 38.0 Å². The van der Waals surface area contributed by atoms with E-state index in [-0.39, 0.29) is 17.6 Å². The molecule has 0 heterocycles. The zero-order chi connectivity index (χ0) is 11.2. The summed E-state index contributed by atoms with van der Waals surface area (Å²) in [7, 11) is 1.78. The normalized spacial score (nSPS) is 16.7. The van der Waals surface area contributed by atoms with Crippen molar-refractivity contribution in [3.8, 4) is 0 Å². The second kappa shape index (κ2) is 5.72. The molecule has 0 fully saturated rings. The van der Waals surface area contributed by atoms with Crippen molar-refractivity contribution in [2.24, 2.45) is 5.41 Å². The van der Waals surface area contributed by atoms with E-state index in [0.717, 1.165) is 25.7 Å². The van der Waals surface area contributed by atoms with Gasteiger partial charge in [0.2, 0.25) is 0 Å². The summed E-state index contributed by atoms with van der Waals surface area (Å²) in [5.41, 5.74) is 0.0773. The van der Waals surface area contributed by atoms with Gasteiger partial charge in [-0.3, -0.25) is 0 Å². The monoisotopic (exact) mass is 202 g/mol. The summed E-state index contributed by atoms with van der Waals surface area (Å²) in [6.45, 7) is 8.77. The van der Waals surface area contributed by atoms with Crippen LogP contribution in [-0.4, -0.2) is 24.4 Å². The highest BCUT2D eigenvalue weighted by atomic mass is 16.5. The molecule has 0 bridgehead atoms. The highest BCUT2D eigenvalue weighted by Crippen LogP contribution is 2.27. The van der Waals surface area contributed by atoms with E-state index in [0.29, 0.717) is 0 Å². The average molecular weight is 202 g/mol. The number of rotatable bonds is 7. The predicted octanol–water partition coefficient (Wildman–Crippen LogP) is 2.99. The Morgan fingerprint density at radius 1 is 1.14 bits per heavy atom. The third-order valence-electron chi connectivity index (χ3n) is 3.23. The standard InChI is InChI=1S/C12H26O2/c1-6-12(4,14-5)9-7-8-11(2,3)10-13/h13H,6-10H2,1-5H3. The van der Waals surface area contributed by atoms with E-state index in [1.807, 2.05) is 0 Å². The second-order valence-electron chi connectivity index (χ2n) is 5.18. The van der Waals surface area contributed by atoms with Crippen LogP contribution in [0.5, 0.6) is 0 Å². The van der Waals surface area contributed by atoms with Gasteiger partial charge in [-0.1, -0.05) is 20.8 Å². The zero-order valence-corrected chi connectivity index (χ0v) is 10.4. The van der Waals surface area contributed by atoms with Gasteiger partial charge < -0.3 is 9.84 Å². The zero-order valence-electron chi connectivity index (χ0n) is 10.4. The van der Waals surface area contributed by atoms with Crippen LogP contribution in [0.1, 0.15) is 53.4 Å². The van der Waals surface area contributed by atoms with Crippen molar-refractivity contribution in [2.75, 3.05) is 13.7 Å². The first-order valence-corrected chi connectivity index (χ1v) is 5.55. The van der Waals surface area contributed by atoms with Gasteiger partial charge in [-0.25, -0.2) is 0 Å². The molecule has 0 aliphatic rings. The lowest BCUT2D eigenvalue weighted by Gasteiger charge is -2.29. The number of aliphatic hydroxyl groups excluding tert-OH is 1. The molecule has 1 atom stereocenters. The Morgan fingerprint density at radius 2 is 1.71 bits per heavy atom. The molecule has 0 radical (unpaired) electrons. The Morgan fingerprint density at radius 3 is 2.07 bits per heavy atom. The number of ether oxygens (including phenoxy) is 1. The van der Waals surface area contributed by atoms with Gasteiger partial charge in [-0.2, -0.15) is 0 Å². The van der Waals surface area contributed by atoms with Gasteiger partial charge in [0.1, 0.15) is 0 Å². The Bertz CT molecular complexity index is 148. The number of hydrogen-bond acceptors (Lipinski definition) is 2. The van der Waals surface area contributed by atoms with Crippen LogP contribution < -0.4 is 0 Å². The molecular formula is C12H26O2. The molecule has 0 amide bonds. The minimum Gasteiger partial charge on any atom is -0.396 e. The summed E-state index contributed by atoms with van der Waals surface area (Å²) in [6, 6.07) is 0. The molecule has 0 saturated heterocycles. The van der Waals surface area contributed by atoms with Crippen LogP contribution in [0.4, 0.5) is 0 Å². The van der Waals surface area contributed by atoms with E-state index in [2.05, 4.69) is 27.7 Å². The fourth-order valence-electron chi connectivity index (χ4n) is 1.44. The Labute approximate surface area is 88.7 Å². The lowest BCUT2D eigenvalue weighted by Crippen LogP contribution is -2.27. The smallest absolute Gasteiger partial charge is 0.0648 e. The Hall–Kier alpha value is -0.0800. The Balaban J connectivity index is 3.83. The minimum absolute atomic E-state index is 0.0194. The molecular weight excluding hydrogens is 176 g/mol. The minimum atomic E-state index is 0.0194. The van der Waals surface area contributed by atoms with Gasteiger partial charge >= 0.3 is 0 Å². The molecule has 2 heteroatoms. The van der Waals surface area contributed by atoms with Gasteiger partial charge in [0.25, 0.3) is 0 Å². The van der Waals surface area contributed by atoms with Crippen LogP contribution >= 0.6 is 0 Å². The van der Waals surface area contributed by atoms with Crippen LogP contribution in [0, 0.1) is 5.41 Å². The van der Waals surface area contributed by atoms with Crippen molar-refractivity contribution >= 4 is 0 Å². The van der Waals surface area contributed by atoms with Crippen LogP contribution in [0.2, 0.25) is 0 Å². The fourth-order valence-corrected chi connectivity index (χ4v) is 1.44. The Kier molecular flexibility index (Phi) is 5.68. The number of methoxy groups -OCH3 is 1. The van der Waals surface area contributed by atoms with Crippen molar-refractivity contribution in [3.05, 3.63) is 0 Å². The van der Waals surface area contributed by atoms with Crippen LogP contribution in [0.3, 0.4) is 0 Å². The van der Waals surface area contributed by atoms with E-state index < -0.39 is 0 Å². The van der Waals surface area contributed by atoms with Crippen molar-refractivity contribution in [1.82, 2.24) is 0 Å². The number of aliphatic hydroxyl groups is 1. The molecule has 86 valence electrons. The van der Waals surface area contributed by atoms with E-state index in [9.17, 15) is 0 Å². The lowest BCUT2D eigenvalue weighted by molar-refractivity contribution is -0.00899. The predicted molar refractivity (Wildman–Crippen MR) is 60.4 cm³/mol. The van der Waals surface area contributed by atoms with E-state index >= 15 is 0 Å². The molecule has 0 aliphatic carbocycles. The molecule has 0 aliphatic heterocycles. The summed E-state index contributed by atoms with van der Waals surface area (Å²) in [4.78, 5) is 0. The third-order valence-corrected chi connectivity index (χ3v) is 3.23. The SMILES string of the molecule is CCC(C)(CCCC(C)(C)CO)OC. The molecule has 0 spiro atoms. The van der Waals surface area contributed by atoms with Gasteiger partial charge in [0, 0.05) is 13.7 Å². The van der Waals surface area contributed by atoms with Crippen molar-refractivity contribution < 1.29 is 9.84 Å². The highest BCUT2D eigenvalue weighted by Gasteiger charge is 2.23. The summed E-state index contributed by atoms with van der Waals surface area (Å²) < 4.78 is 5.47. The molecule has 1 unspecified atom stereocenters. The first-order valence-electron chi connectivity index (χ1n) is 5.55. The van der Waals surface area contributed by atoms with Gasteiger partial charge in [0.15, 0.2) is 0 Å². The van der Waals surface area contributed by atoms with Gasteiger partial charge in [0.05, 0.1) is 5.60 Å². The first-order chi connectivity index (χ1) is 6.39. The fraction of sp³-hybridized carbons (Fsp3) is 1.00. The quantitative estimate of drug-likeness (QED) is 0.687. The molecule has 0 aromatic heterocycles. The molecule has 1 N–H and O–H groups in total. The molecule has 0 saturated carbocycles.